The maximum atomic E-state index is 12.2. The Morgan fingerprint density at radius 3 is 2.48 bits per heavy atom. The van der Waals surface area contributed by atoms with Gasteiger partial charge in [0, 0.05) is 19.1 Å². The quantitative estimate of drug-likeness (QED) is 0.564. The minimum Gasteiger partial charge on any atom is -0.427 e. The third-order valence-corrected chi connectivity index (χ3v) is 3.72. The van der Waals surface area contributed by atoms with Crippen molar-refractivity contribution >= 4 is 40.1 Å². The van der Waals surface area contributed by atoms with Crippen LogP contribution in [0.2, 0.25) is 10.0 Å². The van der Waals surface area contributed by atoms with Gasteiger partial charge < -0.3 is 9.72 Å². The minimum atomic E-state index is -0.484. The molecule has 23 heavy (non-hydrogen) atoms. The molecular formula is C16H10Cl2N2O3. The number of nitrogens with one attached hydrogen (secondary N) is 1. The van der Waals surface area contributed by atoms with Crippen molar-refractivity contribution in [1.82, 2.24) is 9.97 Å². The second-order valence-corrected chi connectivity index (χ2v) is 5.60. The number of aromatic amines is 1. The molecule has 0 atom stereocenters. The van der Waals surface area contributed by atoms with Crippen molar-refractivity contribution in [2.75, 3.05) is 0 Å². The highest BCUT2D eigenvalue weighted by atomic mass is 35.5. The number of esters is 1. The van der Waals surface area contributed by atoms with E-state index in [9.17, 15) is 9.59 Å². The van der Waals surface area contributed by atoms with Gasteiger partial charge in [-0.1, -0.05) is 35.3 Å². The van der Waals surface area contributed by atoms with E-state index in [2.05, 4.69) is 9.97 Å². The van der Waals surface area contributed by atoms with Crippen molar-refractivity contribution in [2.45, 2.75) is 6.92 Å². The van der Waals surface area contributed by atoms with Crippen molar-refractivity contribution in [3.63, 3.8) is 0 Å². The van der Waals surface area contributed by atoms with E-state index in [4.69, 9.17) is 27.9 Å². The first-order valence-electron chi connectivity index (χ1n) is 6.62. The lowest BCUT2D eigenvalue weighted by Crippen LogP contribution is -2.10. The minimum absolute atomic E-state index is 0.215. The fourth-order valence-corrected chi connectivity index (χ4v) is 2.85. The van der Waals surface area contributed by atoms with Crippen molar-refractivity contribution in [3.8, 4) is 17.1 Å². The van der Waals surface area contributed by atoms with E-state index in [1.54, 1.807) is 24.3 Å². The van der Waals surface area contributed by atoms with Gasteiger partial charge in [-0.3, -0.25) is 9.59 Å². The number of para-hydroxylation sites is 1. The van der Waals surface area contributed by atoms with Gasteiger partial charge in [-0.25, -0.2) is 4.98 Å². The Bertz CT molecular complexity index is 959. The van der Waals surface area contributed by atoms with Gasteiger partial charge in [-0.15, -0.1) is 0 Å². The molecule has 0 spiro atoms. The van der Waals surface area contributed by atoms with E-state index in [1.807, 2.05) is 0 Å². The third-order valence-electron chi connectivity index (χ3n) is 3.13. The monoisotopic (exact) mass is 348 g/mol. The van der Waals surface area contributed by atoms with Gasteiger partial charge in [0.25, 0.3) is 5.56 Å². The third kappa shape index (κ3) is 3.06. The molecule has 7 heteroatoms. The van der Waals surface area contributed by atoms with Crippen LogP contribution in [0.25, 0.3) is 22.3 Å². The fraction of sp³-hybridized carbons (Fsp3) is 0.0625. The number of aromatic nitrogens is 2. The van der Waals surface area contributed by atoms with E-state index < -0.39 is 5.97 Å². The van der Waals surface area contributed by atoms with Gasteiger partial charge in [0.2, 0.25) is 0 Å². The Kier molecular flexibility index (Phi) is 4.07. The number of carbonyl (C=O) groups excluding carboxylic acids is 1. The highest BCUT2D eigenvalue weighted by molar-refractivity contribution is 6.39. The summed E-state index contributed by atoms with van der Waals surface area (Å²) in [5.74, 6) is -0.0143. The highest BCUT2D eigenvalue weighted by Crippen LogP contribution is 2.36. The topological polar surface area (TPSA) is 72.0 Å². The average Bonchev–Trinajstić information content (AvgIpc) is 2.46. The first kappa shape index (κ1) is 15.5. The molecule has 0 saturated heterocycles. The zero-order valence-corrected chi connectivity index (χ0v) is 13.4. The predicted octanol–water partition coefficient (Wildman–Crippen LogP) is 3.82. The lowest BCUT2D eigenvalue weighted by atomic mass is 10.1. The maximum absolute atomic E-state index is 12.2. The van der Waals surface area contributed by atoms with Gasteiger partial charge in [0.1, 0.15) is 11.6 Å². The molecule has 1 aromatic heterocycles. The molecule has 116 valence electrons. The molecule has 0 bridgehead atoms. The highest BCUT2D eigenvalue weighted by Gasteiger charge is 2.15. The lowest BCUT2D eigenvalue weighted by molar-refractivity contribution is -0.131. The number of benzene rings is 2. The number of fused-ring (bicyclic) bond motifs is 1. The summed E-state index contributed by atoms with van der Waals surface area (Å²) in [6.07, 6.45) is 0. The van der Waals surface area contributed by atoms with Crippen LogP contribution in [-0.2, 0) is 4.79 Å². The molecule has 0 aliphatic rings. The molecule has 1 heterocycles. The van der Waals surface area contributed by atoms with E-state index >= 15 is 0 Å². The number of rotatable bonds is 2. The Hall–Kier alpha value is -2.37. The van der Waals surface area contributed by atoms with Crippen molar-refractivity contribution in [1.29, 1.82) is 0 Å². The number of H-pyrrole nitrogens is 1. The Morgan fingerprint density at radius 2 is 1.83 bits per heavy atom. The molecule has 5 nitrogen and oxygen atoms in total. The SMILES string of the molecule is CC(=O)Oc1cc(Cl)c(-c2nc3ccccc3c(=O)[nH]2)c(Cl)c1. The summed E-state index contributed by atoms with van der Waals surface area (Å²) in [7, 11) is 0. The second-order valence-electron chi connectivity index (χ2n) is 4.79. The smallest absolute Gasteiger partial charge is 0.308 e. The van der Waals surface area contributed by atoms with E-state index in [0.29, 0.717) is 16.5 Å². The van der Waals surface area contributed by atoms with Gasteiger partial charge in [0.15, 0.2) is 0 Å². The molecule has 0 amide bonds. The van der Waals surface area contributed by atoms with Crippen LogP contribution in [0.15, 0.2) is 41.2 Å². The molecule has 0 radical (unpaired) electrons. The first-order valence-corrected chi connectivity index (χ1v) is 7.38. The van der Waals surface area contributed by atoms with Gasteiger partial charge in [-0.2, -0.15) is 0 Å². The number of ether oxygens (including phenoxy) is 1. The predicted molar refractivity (Wildman–Crippen MR) is 89.1 cm³/mol. The molecule has 1 N–H and O–H groups in total. The average molecular weight is 349 g/mol. The summed E-state index contributed by atoms with van der Waals surface area (Å²) in [6.45, 7) is 1.28. The summed E-state index contributed by atoms with van der Waals surface area (Å²) < 4.78 is 4.96. The number of carbonyl (C=O) groups is 1. The van der Waals surface area contributed by atoms with E-state index in [0.717, 1.165) is 0 Å². The number of hydrogen-bond donors (Lipinski definition) is 1. The number of nitrogens with zero attached hydrogens (tertiary/aromatic N) is 1. The lowest BCUT2D eigenvalue weighted by Gasteiger charge is -2.10. The van der Waals surface area contributed by atoms with Crippen molar-refractivity contribution in [2.24, 2.45) is 0 Å². The standard InChI is InChI=1S/C16H10Cl2N2O3/c1-8(21)23-9-6-11(17)14(12(18)7-9)15-19-13-5-3-2-4-10(13)16(22)20-15/h2-7H,1H3,(H,19,20,22). The number of halogens is 2. The zero-order valence-electron chi connectivity index (χ0n) is 11.9. The van der Waals surface area contributed by atoms with Crippen LogP contribution in [0, 0.1) is 0 Å². The summed E-state index contributed by atoms with van der Waals surface area (Å²) in [6, 6.07) is 9.83. The van der Waals surface area contributed by atoms with Crippen LogP contribution in [0.5, 0.6) is 5.75 Å². The van der Waals surface area contributed by atoms with Crippen LogP contribution in [0.1, 0.15) is 6.92 Å². The summed E-state index contributed by atoms with van der Waals surface area (Å²) >= 11 is 12.4. The van der Waals surface area contributed by atoms with Crippen LogP contribution >= 0.6 is 23.2 Å². The molecule has 0 aliphatic carbocycles. The maximum Gasteiger partial charge on any atom is 0.308 e. The zero-order chi connectivity index (χ0) is 16.6. The molecule has 0 saturated carbocycles. The summed E-state index contributed by atoms with van der Waals surface area (Å²) in [5.41, 5.74) is 0.608. The summed E-state index contributed by atoms with van der Waals surface area (Å²) in [5, 5.41) is 0.902. The van der Waals surface area contributed by atoms with Gasteiger partial charge in [0.05, 0.1) is 26.5 Å². The fourth-order valence-electron chi connectivity index (χ4n) is 2.21. The van der Waals surface area contributed by atoms with E-state index in [1.165, 1.54) is 19.1 Å². The van der Waals surface area contributed by atoms with Gasteiger partial charge >= 0.3 is 5.97 Å². The van der Waals surface area contributed by atoms with E-state index in [-0.39, 0.29) is 27.2 Å². The normalized spacial score (nSPS) is 10.7. The molecule has 0 unspecified atom stereocenters. The van der Waals surface area contributed by atoms with Crippen LogP contribution in [-0.4, -0.2) is 15.9 Å². The number of hydrogen-bond acceptors (Lipinski definition) is 4. The van der Waals surface area contributed by atoms with Gasteiger partial charge in [-0.05, 0) is 12.1 Å². The van der Waals surface area contributed by atoms with Crippen LogP contribution < -0.4 is 10.3 Å². The van der Waals surface area contributed by atoms with Crippen LogP contribution in [0.3, 0.4) is 0 Å². The molecule has 0 fully saturated rings. The molecular weight excluding hydrogens is 339 g/mol. The Morgan fingerprint density at radius 1 is 1.17 bits per heavy atom. The van der Waals surface area contributed by atoms with Crippen molar-refractivity contribution < 1.29 is 9.53 Å². The summed E-state index contributed by atoms with van der Waals surface area (Å²) in [4.78, 5) is 30.2. The molecule has 3 rings (SSSR count). The Labute approximate surface area is 140 Å². The molecule has 2 aromatic carbocycles. The molecule has 0 aliphatic heterocycles. The second kappa shape index (κ2) is 6.02. The molecule has 3 aromatic rings. The Balaban J connectivity index is 2.19. The van der Waals surface area contributed by atoms with Crippen molar-refractivity contribution in [3.05, 3.63) is 56.8 Å². The largest absolute Gasteiger partial charge is 0.427 e. The first-order chi connectivity index (χ1) is 11.0. The van der Waals surface area contributed by atoms with Crippen LogP contribution in [0.4, 0.5) is 0 Å².